The van der Waals surface area contributed by atoms with Gasteiger partial charge in [-0.15, -0.1) is 22.7 Å². The standard InChI is InChI=1S/C53H29N5OS2/c1-2-14-36-34(12-1)35-13-3-4-15-37(35)41-29-30(24-25-38(36)41)49-56-50(58-51(57-49)40-17-11-23-47-48(40)39-16-5-9-21-45(39)60-47)31-26-32(52-54-42-18-6-8-20-44(42)59-52)28-33(27-31)53-55-43-19-7-10-22-46(43)61-53/h1-29H. The van der Waals surface area contributed by atoms with Crippen LogP contribution in [0, 0.1) is 0 Å². The number of fused-ring (bicyclic) bond motifs is 11. The van der Waals surface area contributed by atoms with Gasteiger partial charge in [0.15, 0.2) is 23.1 Å². The molecule has 0 bridgehead atoms. The number of oxazole rings is 1. The molecule has 0 unspecified atom stereocenters. The summed E-state index contributed by atoms with van der Waals surface area (Å²) in [7, 11) is 0. The summed E-state index contributed by atoms with van der Waals surface area (Å²) in [5.74, 6) is 2.25. The monoisotopic (exact) mass is 815 g/mol. The van der Waals surface area contributed by atoms with Crippen molar-refractivity contribution in [1.29, 1.82) is 0 Å². The predicted octanol–water partition coefficient (Wildman–Crippen LogP) is 14.8. The summed E-state index contributed by atoms with van der Waals surface area (Å²) in [6, 6.07) is 61.3. The fraction of sp³-hybridized carbons (Fsp3) is 0. The molecule has 13 rings (SSSR count). The van der Waals surface area contributed by atoms with Crippen LogP contribution < -0.4 is 0 Å². The van der Waals surface area contributed by atoms with Gasteiger partial charge in [-0.1, -0.05) is 115 Å². The minimum Gasteiger partial charge on any atom is -0.436 e. The van der Waals surface area contributed by atoms with Crippen molar-refractivity contribution < 1.29 is 4.42 Å². The van der Waals surface area contributed by atoms with E-state index in [-0.39, 0.29) is 0 Å². The molecule has 61 heavy (non-hydrogen) atoms. The number of aromatic nitrogens is 5. The highest BCUT2D eigenvalue weighted by Crippen LogP contribution is 2.42. The summed E-state index contributed by atoms with van der Waals surface area (Å²) in [6.07, 6.45) is 0. The number of rotatable bonds is 5. The van der Waals surface area contributed by atoms with Gasteiger partial charge >= 0.3 is 0 Å². The van der Waals surface area contributed by atoms with Crippen LogP contribution in [0.15, 0.2) is 180 Å². The van der Waals surface area contributed by atoms with Gasteiger partial charge in [-0.25, -0.2) is 24.9 Å². The van der Waals surface area contributed by atoms with Gasteiger partial charge in [0.1, 0.15) is 10.5 Å². The molecule has 4 heterocycles. The Morgan fingerprint density at radius 1 is 0.344 bits per heavy atom. The molecule has 4 aromatic heterocycles. The molecule has 6 nitrogen and oxygen atoms in total. The summed E-state index contributed by atoms with van der Waals surface area (Å²) < 4.78 is 9.91. The van der Waals surface area contributed by atoms with Gasteiger partial charge < -0.3 is 4.42 Å². The second kappa shape index (κ2) is 13.4. The van der Waals surface area contributed by atoms with E-state index in [9.17, 15) is 0 Å². The second-order valence-electron chi connectivity index (χ2n) is 15.2. The maximum Gasteiger partial charge on any atom is 0.227 e. The van der Waals surface area contributed by atoms with E-state index in [1.165, 1.54) is 41.7 Å². The van der Waals surface area contributed by atoms with Crippen molar-refractivity contribution >= 4 is 96.5 Å². The van der Waals surface area contributed by atoms with Crippen LogP contribution in [0.3, 0.4) is 0 Å². The molecule has 0 aliphatic rings. The van der Waals surface area contributed by atoms with E-state index < -0.39 is 0 Å². The Bertz CT molecular complexity index is 3730. The van der Waals surface area contributed by atoms with Crippen LogP contribution >= 0.6 is 22.7 Å². The third-order valence-electron chi connectivity index (χ3n) is 11.6. The first-order valence-corrected chi connectivity index (χ1v) is 21.7. The number of hydrogen-bond donors (Lipinski definition) is 0. The molecule has 13 aromatic rings. The van der Waals surface area contributed by atoms with Gasteiger partial charge in [0.2, 0.25) is 5.89 Å². The fourth-order valence-electron chi connectivity index (χ4n) is 8.76. The molecule has 0 spiro atoms. The van der Waals surface area contributed by atoms with Crippen molar-refractivity contribution in [2.75, 3.05) is 0 Å². The predicted molar refractivity (Wildman–Crippen MR) is 253 cm³/mol. The molecule has 0 saturated heterocycles. The Morgan fingerprint density at radius 3 is 1.70 bits per heavy atom. The SMILES string of the molecule is c1ccc2oc(-c3cc(-c4nc(-c5ccc6c7ccccc7c7ccccc7c6c5)nc(-c5cccc6sc7ccccc7c56)n4)cc(-c4nc5ccccc5s4)c3)nc2c1. The number of nitrogens with zero attached hydrogens (tertiary/aromatic N) is 5. The quantitative estimate of drug-likeness (QED) is 0.161. The number of thiazole rings is 1. The van der Waals surface area contributed by atoms with E-state index in [0.29, 0.717) is 23.4 Å². The fourth-order valence-corrected chi connectivity index (χ4v) is 10.8. The van der Waals surface area contributed by atoms with E-state index in [0.717, 1.165) is 64.9 Å². The molecule has 0 N–H and O–H groups in total. The van der Waals surface area contributed by atoms with Crippen LogP contribution in [0.25, 0.3) is 130 Å². The summed E-state index contributed by atoms with van der Waals surface area (Å²) in [5, 5.41) is 10.4. The van der Waals surface area contributed by atoms with Crippen molar-refractivity contribution in [1.82, 2.24) is 24.9 Å². The molecule has 0 saturated carbocycles. The molecule has 0 radical (unpaired) electrons. The Morgan fingerprint density at radius 2 is 0.934 bits per heavy atom. The maximum absolute atomic E-state index is 6.39. The summed E-state index contributed by atoms with van der Waals surface area (Å²) in [4.78, 5) is 26.0. The minimum atomic E-state index is 0.517. The van der Waals surface area contributed by atoms with E-state index >= 15 is 0 Å². The molecule has 0 atom stereocenters. The lowest BCUT2D eigenvalue weighted by Gasteiger charge is -2.13. The number of benzene rings is 9. The van der Waals surface area contributed by atoms with E-state index in [1.807, 2.05) is 36.4 Å². The topological polar surface area (TPSA) is 77.6 Å². The van der Waals surface area contributed by atoms with Gasteiger partial charge in [0.25, 0.3) is 0 Å². The second-order valence-corrected chi connectivity index (χ2v) is 17.3. The molecular weight excluding hydrogens is 787 g/mol. The maximum atomic E-state index is 6.39. The Labute approximate surface area is 356 Å². The van der Waals surface area contributed by atoms with Crippen LogP contribution in [0.4, 0.5) is 0 Å². The molecule has 8 heteroatoms. The lowest BCUT2D eigenvalue weighted by molar-refractivity contribution is 0.620. The first-order chi connectivity index (χ1) is 30.2. The highest BCUT2D eigenvalue weighted by atomic mass is 32.1. The molecule has 0 fully saturated rings. The minimum absolute atomic E-state index is 0.517. The average Bonchev–Trinajstić information content (AvgIpc) is 4.07. The largest absolute Gasteiger partial charge is 0.436 e. The Balaban J connectivity index is 1.09. The van der Waals surface area contributed by atoms with Crippen molar-refractivity contribution in [2.24, 2.45) is 0 Å². The first kappa shape index (κ1) is 34.2. The zero-order chi connectivity index (χ0) is 40.0. The lowest BCUT2D eigenvalue weighted by atomic mass is 9.93. The van der Waals surface area contributed by atoms with Crippen molar-refractivity contribution in [3.8, 4) is 56.2 Å². The van der Waals surface area contributed by atoms with Gasteiger partial charge in [0.05, 0.1) is 10.2 Å². The highest BCUT2D eigenvalue weighted by Gasteiger charge is 2.21. The van der Waals surface area contributed by atoms with E-state index in [4.69, 9.17) is 29.3 Å². The molecule has 0 aliphatic heterocycles. The van der Waals surface area contributed by atoms with Gasteiger partial charge in [-0.3, -0.25) is 0 Å². The van der Waals surface area contributed by atoms with Gasteiger partial charge in [-0.2, -0.15) is 0 Å². The van der Waals surface area contributed by atoms with Crippen molar-refractivity contribution in [3.05, 3.63) is 176 Å². The van der Waals surface area contributed by atoms with Crippen molar-refractivity contribution in [3.63, 3.8) is 0 Å². The molecule has 0 aliphatic carbocycles. The third kappa shape index (κ3) is 5.57. The van der Waals surface area contributed by atoms with Crippen LogP contribution in [0.5, 0.6) is 0 Å². The van der Waals surface area contributed by atoms with Crippen LogP contribution in [-0.2, 0) is 0 Å². The van der Waals surface area contributed by atoms with Gasteiger partial charge in [0, 0.05) is 48.0 Å². The van der Waals surface area contributed by atoms with Crippen LogP contribution in [0.1, 0.15) is 0 Å². The normalized spacial score (nSPS) is 11.9. The van der Waals surface area contributed by atoms with Crippen LogP contribution in [0.2, 0.25) is 0 Å². The molecule has 284 valence electrons. The van der Waals surface area contributed by atoms with Crippen molar-refractivity contribution in [2.45, 2.75) is 0 Å². The zero-order valence-corrected chi connectivity index (χ0v) is 33.8. The molecule has 0 amide bonds. The van der Waals surface area contributed by atoms with Crippen LogP contribution in [-0.4, -0.2) is 24.9 Å². The third-order valence-corrected chi connectivity index (χ3v) is 13.8. The smallest absolute Gasteiger partial charge is 0.227 e. The summed E-state index contributed by atoms with van der Waals surface area (Å²) >= 11 is 3.44. The zero-order valence-electron chi connectivity index (χ0n) is 32.2. The molecule has 9 aromatic carbocycles. The number of thiophene rings is 1. The average molecular weight is 816 g/mol. The van der Waals surface area contributed by atoms with E-state index in [2.05, 4.69) is 140 Å². The van der Waals surface area contributed by atoms with E-state index in [1.54, 1.807) is 22.7 Å². The highest BCUT2D eigenvalue weighted by molar-refractivity contribution is 7.26. The Kier molecular flexibility index (Phi) is 7.54. The summed E-state index contributed by atoms with van der Waals surface area (Å²) in [5.41, 5.74) is 6.87. The number of hydrogen-bond acceptors (Lipinski definition) is 8. The Hall–Kier alpha value is -7.65. The van der Waals surface area contributed by atoms with Gasteiger partial charge in [-0.05, 0) is 93.0 Å². The summed E-state index contributed by atoms with van der Waals surface area (Å²) in [6.45, 7) is 0. The lowest BCUT2D eigenvalue weighted by Crippen LogP contribution is -2.01. The number of para-hydroxylation sites is 3. The molecular formula is C53H29N5OS2. The first-order valence-electron chi connectivity index (χ1n) is 20.1.